The van der Waals surface area contributed by atoms with E-state index in [0.29, 0.717) is 12.4 Å². The molecule has 0 saturated carbocycles. The third kappa shape index (κ3) is 4.77. The molecule has 0 amide bonds. The molecule has 0 radical (unpaired) electrons. The summed E-state index contributed by atoms with van der Waals surface area (Å²) in [5.74, 6) is 0.388. The van der Waals surface area contributed by atoms with Gasteiger partial charge in [-0.25, -0.2) is 0 Å². The van der Waals surface area contributed by atoms with Gasteiger partial charge in [0.2, 0.25) is 0 Å². The Hall–Kier alpha value is -2.01. The Morgan fingerprint density at radius 3 is 2.68 bits per heavy atom. The van der Waals surface area contributed by atoms with Gasteiger partial charge in [0.05, 0.1) is 6.10 Å². The topological polar surface area (TPSA) is 71.1 Å². The maximum absolute atomic E-state index is 9.55. The van der Waals surface area contributed by atoms with E-state index in [4.69, 9.17) is 10.6 Å². The first-order chi connectivity index (χ1) is 10.7. The predicted octanol–water partition coefficient (Wildman–Crippen LogP) is 2.25. The lowest BCUT2D eigenvalue weighted by molar-refractivity contribution is 0.142. The minimum absolute atomic E-state index is 0.156. The summed E-state index contributed by atoms with van der Waals surface area (Å²) >= 11 is 0. The average Bonchev–Trinajstić information content (AvgIpc) is 2.55. The van der Waals surface area contributed by atoms with Crippen LogP contribution in [0.2, 0.25) is 0 Å². The molecule has 2 rings (SSSR count). The molecule has 1 aromatic rings. The van der Waals surface area contributed by atoms with E-state index < -0.39 is 0 Å². The minimum atomic E-state index is -0.156. The third-order valence-corrected chi connectivity index (χ3v) is 3.80. The second-order valence-electron chi connectivity index (χ2n) is 5.51. The number of nitrogens with zero attached hydrogens (tertiary/aromatic N) is 2. The number of benzene rings is 1. The summed E-state index contributed by atoms with van der Waals surface area (Å²) < 4.78 is 0. The number of allylic oxidation sites excluding steroid dienone is 1. The van der Waals surface area contributed by atoms with Crippen molar-refractivity contribution in [1.82, 2.24) is 0 Å². The molecule has 0 aromatic heterocycles. The molecule has 1 aliphatic heterocycles. The van der Waals surface area contributed by atoms with Crippen molar-refractivity contribution in [2.45, 2.75) is 31.8 Å². The van der Waals surface area contributed by atoms with Crippen LogP contribution < -0.4 is 10.6 Å². The summed E-state index contributed by atoms with van der Waals surface area (Å²) in [6, 6.07) is 7.97. The van der Waals surface area contributed by atoms with Crippen molar-refractivity contribution in [2.75, 3.05) is 24.6 Å². The molecule has 1 aromatic carbocycles. The van der Waals surface area contributed by atoms with Gasteiger partial charge >= 0.3 is 0 Å². The number of unbranched alkanes of at least 4 members (excludes halogenated alkanes) is 1. The number of aliphatic hydroxyl groups excluding tert-OH is 1. The number of hydrogen-bond acceptors (Lipinski definition) is 4. The average molecular weight is 303 g/mol. The number of aliphatic hydroxyl groups is 1. The number of rotatable bonds is 7. The zero-order valence-corrected chi connectivity index (χ0v) is 12.9. The number of nitrogens with two attached hydrogens (primary N) is 1. The van der Waals surface area contributed by atoms with Gasteiger partial charge in [0, 0.05) is 24.3 Å². The second-order valence-corrected chi connectivity index (χ2v) is 5.51. The molecule has 1 heterocycles. The van der Waals surface area contributed by atoms with E-state index in [1.807, 2.05) is 30.3 Å². The molecule has 1 saturated heterocycles. The lowest BCUT2D eigenvalue weighted by atomic mass is 10.1. The van der Waals surface area contributed by atoms with Crippen molar-refractivity contribution in [3.63, 3.8) is 0 Å². The summed E-state index contributed by atoms with van der Waals surface area (Å²) in [4.78, 5) is 7.46. The Morgan fingerprint density at radius 2 is 2.05 bits per heavy atom. The van der Waals surface area contributed by atoms with Crippen LogP contribution in [0.3, 0.4) is 0 Å². The van der Waals surface area contributed by atoms with Gasteiger partial charge < -0.3 is 20.6 Å². The lowest BCUT2D eigenvalue weighted by Gasteiger charge is -2.31. The van der Waals surface area contributed by atoms with Crippen molar-refractivity contribution < 1.29 is 9.94 Å². The summed E-state index contributed by atoms with van der Waals surface area (Å²) in [6.07, 6.45) is 5.15. The fraction of sp³-hybridized carbons (Fsp3) is 0.471. The number of amidine groups is 1. The monoisotopic (exact) mass is 303 g/mol. The van der Waals surface area contributed by atoms with Crippen LogP contribution in [0.5, 0.6) is 0 Å². The van der Waals surface area contributed by atoms with Crippen LogP contribution >= 0.6 is 0 Å². The molecular formula is C17H25N3O2. The van der Waals surface area contributed by atoms with E-state index in [2.05, 4.69) is 16.6 Å². The first-order valence-corrected chi connectivity index (χ1v) is 7.80. The number of hydrogen-bond donors (Lipinski definition) is 2. The van der Waals surface area contributed by atoms with E-state index >= 15 is 0 Å². The standard InChI is InChI=1S/C17H25N3O2/c1-2-3-4-13-22-19-17(18)14-5-7-15(8-6-14)20-11-9-16(21)10-12-20/h2,5-8,16,21H,1,3-4,9-13H2,(H2,18,19). The van der Waals surface area contributed by atoms with Crippen LogP contribution in [0.25, 0.3) is 0 Å². The molecule has 5 nitrogen and oxygen atoms in total. The van der Waals surface area contributed by atoms with Crippen LogP contribution in [-0.4, -0.2) is 36.7 Å². The first-order valence-electron chi connectivity index (χ1n) is 7.80. The van der Waals surface area contributed by atoms with Gasteiger partial charge in [-0.2, -0.15) is 0 Å². The largest absolute Gasteiger partial charge is 0.394 e. The Bertz CT molecular complexity index is 491. The Kier molecular flexibility index (Phi) is 6.27. The van der Waals surface area contributed by atoms with E-state index in [0.717, 1.165) is 50.0 Å². The highest BCUT2D eigenvalue weighted by atomic mass is 16.6. The molecule has 0 atom stereocenters. The third-order valence-electron chi connectivity index (χ3n) is 3.80. The highest BCUT2D eigenvalue weighted by Gasteiger charge is 2.17. The molecule has 0 aliphatic carbocycles. The first kappa shape index (κ1) is 16.4. The Morgan fingerprint density at radius 1 is 1.36 bits per heavy atom. The van der Waals surface area contributed by atoms with Crippen molar-refractivity contribution in [1.29, 1.82) is 0 Å². The normalized spacial score (nSPS) is 16.6. The molecule has 0 bridgehead atoms. The Balaban J connectivity index is 1.87. The zero-order chi connectivity index (χ0) is 15.8. The maximum atomic E-state index is 9.55. The van der Waals surface area contributed by atoms with Crippen LogP contribution in [0, 0.1) is 0 Å². The number of piperidine rings is 1. The SMILES string of the molecule is C=CCCCON=C(N)c1ccc(N2CCC(O)CC2)cc1. The van der Waals surface area contributed by atoms with Gasteiger partial charge in [-0.3, -0.25) is 0 Å². The molecule has 0 spiro atoms. The highest BCUT2D eigenvalue weighted by Crippen LogP contribution is 2.20. The van der Waals surface area contributed by atoms with Crippen LogP contribution in [0.4, 0.5) is 5.69 Å². The van der Waals surface area contributed by atoms with E-state index in [-0.39, 0.29) is 6.10 Å². The molecule has 22 heavy (non-hydrogen) atoms. The molecule has 3 N–H and O–H groups in total. The smallest absolute Gasteiger partial charge is 0.170 e. The number of anilines is 1. The van der Waals surface area contributed by atoms with Crippen molar-refractivity contribution in [3.05, 3.63) is 42.5 Å². The summed E-state index contributed by atoms with van der Waals surface area (Å²) in [5.41, 5.74) is 7.91. The Labute approximate surface area is 132 Å². The van der Waals surface area contributed by atoms with Gasteiger partial charge in [0.15, 0.2) is 5.84 Å². The molecule has 1 fully saturated rings. The molecular weight excluding hydrogens is 278 g/mol. The summed E-state index contributed by atoms with van der Waals surface area (Å²) in [7, 11) is 0. The maximum Gasteiger partial charge on any atom is 0.170 e. The van der Waals surface area contributed by atoms with E-state index in [1.165, 1.54) is 0 Å². The fourth-order valence-corrected chi connectivity index (χ4v) is 2.43. The quantitative estimate of drug-likeness (QED) is 0.266. The number of oxime groups is 1. The van der Waals surface area contributed by atoms with Gasteiger partial charge in [-0.05, 0) is 49.9 Å². The molecule has 1 aliphatic rings. The fourth-order valence-electron chi connectivity index (χ4n) is 2.43. The zero-order valence-electron chi connectivity index (χ0n) is 12.9. The van der Waals surface area contributed by atoms with Crippen molar-refractivity contribution in [3.8, 4) is 0 Å². The molecule has 5 heteroatoms. The van der Waals surface area contributed by atoms with Gasteiger partial charge in [0.1, 0.15) is 6.61 Å². The van der Waals surface area contributed by atoms with E-state index in [9.17, 15) is 5.11 Å². The molecule has 0 unspecified atom stereocenters. The van der Waals surface area contributed by atoms with E-state index in [1.54, 1.807) is 0 Å². The lowest BCUT2D eigenvalue weighted by Crippen LogP contribution is -2.35. The van der Waals surface area contributed by atoms with Gasteiger partial charge in [0.25, 0.3) is 0 Å². The second kappa shape index (κ2) is 8.44. The van der Waals surface area contributed by atoms with Gasteiger partial charge in [-0.15, -0.1) is 6.58 Å². The summed E-state index contributed by atoms with van der Waals surface area (Å²) in [6.45, 7) is 5.97. The van der Waals surface area contributed by atoms with Crippen LogP contribution in [0.1, 0.15) is 31.2 Å². The minimum Gasteiger partial charge on any atom is -0.394 e. The van der Waals surface area contributed by atoms with Crippen LogP contribution in [0.15, 0.2) is 42.1 Å². The van der Waals surface area contributed by atoms with Crippen molar-refractivity contribution >= 4 is 11.5 Å². The molecule has 120 valence electrons. The van der Waals surface area contributed by atoms with Gasteiger partial charge in [-0.1, -0.05) is 11.2 Å². The van der Waals surface area contributed by atoms with Crippen molar-refractivity contribution in [2.24, 2.45) is 10.9 Å². The highest BCUT2D eigenvalue weighted by molar-refractivity contribution is 5.97. The predicted molar refractivity (Wildman–Crippen MR) is 90.0 cm³/mol. The summed E-state index contributed by atoms with van der Waals surface area (Å²) in [5, 5.41) is 13.5. The van der Waals surface area contributed by atoms with Crippen LogP contribution in [-0.2, 0) is 4.84 Å².